The first-order valence-corrected chi connectivity index (χ1v) is 10.3. The van der Waals surface area contributed by atoms with Gasteiger partial charge in [0.15, 0.2) is 0 Å². The normalized spacial score (nSPS) is 18.7. The topological polar surface area (TPSA) is 89.5 Å². The van der Waals surface area contributed by atoms with Crippen LogP contribution in [0.1, 0.15) is 41.6 Å². The van der Waals surface area contributed by atoms with Crippen molar-refractivity contribution in [3.63, 3.8) is 0 Å². The van der Waals surface area contributed by atoms with Crippen molar-refractivity contribution < 1.29 is 14.6 Å². The average Bonchev–Trinajstić information content (AvgIpc) is 3.19. The Morgan fingerprint density at radius 1 is 1.10 bits per heavy atom. The molecule has 6 heteroatoms. The van der Waals surface area contributed by atoms with Crippen LogP contribution in [0.2, 0.25) is 0 Å². The van der Waals surface area contributed by atoms with E-state index in [1.807, 2.05) is 66.2 Å². The van der Waals surface area contributed by atoms with Crippen molar-refractivity contribution in [1.82, 2.24) is 4.57 Å². The summed E-state index contributed by atoms with van der Waals surface area (Å²) in [7, 11) is 0. The lowest BCUT2D eigenvalue weighted by Crippen LogP contribution is -2.29. The zero-order chi connectivity index (χ0) is 21.1. The zero-order valence-electron chi connectivity index (χ0n) is 17.0. The van der Waals surface area contributed by atoms with Crippen LogP contribution in [0.3, 0.4) is 0 Å². The van der Waals surface area contributed by atoms with Crippen molar-refractivity contribution in [3.05, 3.63) is 71.9 Å². The number of rotatable bonds is 6. The summed E-state index contributed by atoms with van der Waals surface area (Å²) in [6.45, 7) is 2.01. The average molecular weight is 405 g/mol. The molecule has 156 valence electrons. The Balaban J connectivity index is 1.63. The number of para-hydroxylation sites is 1. The smallest absolute Gasteiger partial charge is 0.250 e. The molecule has 4 rings (SSSR count). The van der Waals surface area contributed by atoms with E-state index in [1.54, 1.807) is 6.07 Å². The van der Waals surface area contributed by atoms with E-state index >= 15 is 0 Å². The molecule has 30 heavy (non-hydrogen) atoms. The molecule has 1 amide bonds. The molecule has 1 aliphatic rings. The van der Waals surface area contributed by atoms with Gasteiger partial charge in [0, 0.05) is 24.0 Å². The molecule has 1 aromatic heterocycles. The van der Waals surface area contributed by atoms with Crippen LogP contribution in [0, 0.1) is 6.92 Å². The number of hydrogen-bond acceptors (Lipinski definition) is 4. The van der Waals surface area contributed by atoms with E-state index < -0.39 is 5.91 Å². The third-order valence-electron chi connectivity index (χ3n) is 5.62. The monoisotopic (exact) mass is 405 g/mol. The molecule has 1 aliphatic carbocycles. The van der Waals surface area contributed by atoms with Gasteiger partial charge >= 0.3 is 0 Å². The minimum Gasteiger partial charge on any atom is -0.440 e. The van der Waals surface area contributed by atoms with Crippen LogP contribution in [0.4, 0.5) is 5.69 Å². The molecule has 0 unspecified atom stereocenters. The number of carbonyl (C=O) groups excluding carboxylic acids is 1. The van der Waals surface area contributed by atoms with Gasteiger partial charge in [-0.25, -0.2) is 0 Å². The fourth-order valence-electron chi connectivity index (χ4n) is 3.90. The molecule has 1 saturated carbocycles. The first-order chi connectivity index (χ1) is 14.5. The standard InChI is InChI=1S/C24H27N3O3/c1-16-5-2-3-6-22(16)30-23-7-4-14-27(23)18-10-13-20(24(25)29)21(15-18)26-17-8-11-19(28)12-9-17/h2-7,10,13-15,17,19,26,28H,8-9,11-12H2,1H3,(H2,25,29). The van der Waals surface area contributed by atoms with Crippen LogP contribution in [0.15, 0.2) is 60.8 Å². The minimum absolute atomic E-state index is 0.203. The van der Waals surface area contributed by atoms with Crippen molar-refractivity contribution in [3.8, 4) is 17.3 Å². The van der Waals surface area contributed by atoms with Crippen LogP contribution in [-0.2, 0) is 0 Å². The van der Waals surface area contributed by atoms with Crippen LogP contribution < -0.4 is 15.8 Å². The van der Waals surface area contributed by atoms with Gasteiger partial charge in [-0.3, -0.25) is 9.36 Å². The Kier molecular flexibility index (Phi) is 5.77. The third-order valence-corrected chi connectivity index (χ3v) is 5.62. The summed E-state index contributed by atoms with van der Waals surface area (Å²) in [6.07, 6.45) is 4.92. The molecule has 4 N–H and O–H groups in total. The molecule has 0 bridgehead atoms. The molecule has 6 nitrogen and oxygen atoms in total. The van der Waals surface area contributed by atoms with Crippen molar-refractivity contribution in [2.75, 3.05) is 5.32 Å². The van der Waals surface area contributed by atoms with Crippen LogP contribution >= 0.6 is 0 Å². The Morgan fingerprint density at radius 2 is 1.87 bits per heavy atom. The van der Waals surface area contributed by atoms with E-state index in [2.05, 4.69) is 5.32 Å². The molecule has 0 aliphatic heterocycles. The summed E-state index contributed by atoms with van der Waals surface area (Å²) < 4.78 is 8.07. The first kappa shape index (κ1) is 20.0. The number of anilines is 1. The lowest BCUT2D eigenvalue weighted by Gasteiger charge is -2.28. The Morgan fingerprint density at radius 3 is 2.60 bits per heavy atom. The summed E-state index contributed by atoms with van der Waals surface area (Å²) in [6, 6.07) is 17.4. The number of aliphatic hydroxyl groups excluding tert-OH is 1. The van der Waals surface area contributed by atoms with E-state index in [9.17, 15) is 9.90 Å². The first-order valence-electron chi connectivity index (χ1n) is 10.3. The van der Waals surface area contributed by atoms with Gasteiger partial charge < -0.3 is 20.9 Å². The molecule has 3 aromatic rings. The second-order valence-corrected chi connectivity index (χ2v) is 7.83. The number of hydrogen-bond donors (Lipinski definition) is 3. The number of nitrogens with two attached hydrogens (primary N) is 1. The van der Waals surface area contributed by atoms with Crippen molar-refractivity contribution in [2.45, 2.75) is 44.8 Å². The van der Waals surface area contributed by atoms with Gasteiger partial charge in [0.25, 0.3) is 5.91 Å². The van der Waals surface area contributed by atoms with E-state index in [0.29, 0.717) is 17.1 Å². The molecular weight excluding hydrogens is 378 g/mol. The van der Waals surface area contributed by atoms with Crippen LogP contribution in [0.25, 0.3) is 5.69 Å². The summed E-state index contributed by atoms with van der Waals surface area (Å²) in [5, 5.41) is 13.2. The fraction of sp³-hybridized carbons (Fsp3) is 0.292. The van der Waals surface area contributed by atoms with E-state index in [-0.39, 0.29) is 12.1 Å². The number of benzene rings is 2. The van der Waals surface area contributed by atoms with Crippen molar-refractivity contribution in [2.24, 2.45) is 5.73 Å². The number of aliphatic hydroxyl groups is 1. The molecule has 2 aromatic carbocycles. The van der Waals surface area contributed by atoms with Gasteiger partial charge in [-0.15, -0.1) is 0 Å². The SMILES string of the molecule is Cc1ccccc1Oc1cccn1-c1ccc(C(N)=O)c(NC2CCC(O)CC2)c1. The number of aromatic nitrogens is 1. The number of nitrogens with zero attached hydrogens (tertiary/aromatic N) is 1. The van der Waals surface area contributed by atoms with E-state index in [4.69, 9.17) is 10.5 Å². The summed E-state index contributed by atoms with van der Waals surface area (Å²) in [5.41, 5.74) is 8.69. The number of nitrogens with one attached hydrogen (secondary N) is 1. The largest absolute Gasteiger partial charge is 0.440 e. The van der Waals surface area contributed by atoms with E-state index in [0.717, 1.165) is 42.7 Å². The number of amides is 1. The molecule has 1 heterocycles. The molecular formula is C24H27N3O3. The third kappa shape index (κ3) is 4.33. The van der Waals surface area contributed by atoms with Crippen molar-refractivity contribution >= 4 is 11.6 Å². The van der Waals surface area contributed by atoms with Crippen molar-refractivity contribution in [1.29, 1.82) is 0 Å². The van der Waals surface area contributed by atoms with Gasteiger partial charge in [0.1, 0.15) is 5.75 Å². The predicted molar refractivity (Wildman–Crippen MR) is 117 cm³/mol. The fourth-order valence-corrected chi connectivity index (χ4v) is 3.90. The number of aryl methyl sites for hydroxylation is 1. The van der Waals surface area contributed by atoms with Crippen LogP contribution in [0.5, 0.6) is 11.6 Å². The Bertz CT molecular complexity index is 1040. The molecule has 1 fully saturated rings. The Labute approximate surface area is 176 Å². The summed E-state index contributed by atoms with van der Waals surface area (Å²) in [5.74, 6) is 1.01. The quantitative estimate of drug-likeness (QED) is 0.567. The van der Waals surface area contributed by atoms with Gasteiger partial charge in [0.05, 0.1) is 17.4 Å². The summed E-state index contributed by atoms with van der Waals surface area (Å²) in [4.78, 5) is 12.0. The maximum absolute atomic E-state index is 12.0. The predicted octanol–water partition coefficient (Wildman–Crippen LogP) is 4.39. The lowest BCUT2D eigenvalue weighted by atomic mass is 9.92. The van der Waals surface area contributed by atoms with E-state index in [1.165, 1.54) is 0 Å². The highest BCUT2D eigenvalue weighted by Crippen LogP contribution is 2.30. The van der Waals surface area contributed by atoms with Gasteiger partial charge in [-0.05, 0) is 68.5 Å². The molecule has 0 saturated heterocycles. The Hall–Kier alpha value is -3.25. The van der Waals surface area contributed by atoms with Gasteiger partial charge in [-0.2, -0.15) is 0 Å². The maximum Gasteiger partial charge on any atom is 0.250 e. The molecule has 0 atom stereocenters. The number of carbonyl (C=O) groups is 1. The van der Waals surface area contributed by atoms with Crippen LogP contribution in [-0.4, -0.2) is 27.7 Å². The minimum atomic E-state index is -0.469. The highest BCUT2D eigenvalue weighted by molar-refractivity contribution is 5.99. The lowest BCUT2D eigenvalue weighted by molar-refractivity contribution is 0.100. The highest BCUT2D eigenvalue weighted by Gasteiger charge is 2.21. The van der Waals surface area contributed by atoms with Gasteiger partial charge in [-0.1, -0.05) is 18.2 Å². The second kappa shape index (κ2) is 8.63. The molecule has 0 radical (unpaired) electrons. The highest BCUT2D eigenvalue weighted by atomic mass is 16.5. The second-order valence-electron chi connectivity index (χ2n) is 7.83. The zero-order valence-corrected chi connectivity index (χ0v) is 17.0. The van der Waals surface area contributed by atoms with Gasteiger partial charge in [0.2, 0.25) is 5.88 Å². The number of primary amides is 1. The summed E-state index contributed by atoms with van der Waals surface area (Å²) >= 11 is 0. The number of ether oxygens (including phenoxy) is 1. The maximum atomic E-state index is 12.0. The molecule has 0 spiro atoms.